The molecule has 0 saturated carbocycles. The summed E-state index contributed by atoms with van der Waals surface area (Å²) in [6, 6.07) is 17.1. The number of halogens is 1. The molecular formula is C24H22BrN5O2S. The van der Waals surface area contributed by atoms with Gasteiger partial charge in [0.15, 0.2) is 0 Å². The predicted molar refractivity (Wildman–Crippen MR) is 133 cm³/mol. The van der Waals surface area contributed by atoms with Crippen molar-refractivity contribution in [3.63, 3.8) is 0 Å². The number of carbonyl (C=O) groups is 1. The second-order valence-electron chi connectivity index (χ2n) is 8.10. The fourth-order valence-electron chi connectivity index (χ4n) is 3.89. The summed E-state index contributed by atoms with van der Waals surface area (Å²) in [5.41, 5.74) is 3.39. The third-order valence-corrected chi connectivity index (χ3v) is 7.39. The third kappa shape index (κ3) is 4.62. The van der Waals surface area contributed by atoms with Crippen LogP contribution in [0.1, 0.15) is 21.6 Å². The summed E-state index contributed by atoms with van der Waals surface area (Å²) in [7, 11) is 0. The third-order valence-electron chi connectivity index (χ3n) is 5.75. The van der Waals surface area contributed by atoms with Crippen molar-refractivity contribution < 1.29 is 4.79 Å². The molecule has 2 aromatic heterocycles. The quantitative estimate of drug-likeness (QED) is 0.406. The molecule has 1 amide bonds. The Balaban J connectivity index is 1.28. The SMILES string of the molecule is Cc1ccc(-c2nn3c(=O)cc(CN4CCN(C(=O)c5ccccc5Br)CC4)nc3s2)cc1. The van der Waals surface area contributed by atoms with Gasteiger partial charge in [-0.05, 0) is 35.0 Å². The zero-order valence-electron chi connectivity index (χ0n) is 18.1. The van der Waals surface area contributed by atoms with Crippen molar-refractivity contribution in [3.8, 4) is 10.6 Å². The summed E-state index contributed by atoms with van der Waals surface area (Å²) in [5.74, 6) is 0.0354. The molecule has 2 aromatic carbocycles. The number of carbonyl (C=O) groups excluding carboxylic acids is 1. The van der Waals surface area contributed by atoms with Gasteiger partial charge in [-0.1, -0.05) is 53.3 Å². The summed E-state index contributed by atoms with van der Waals surface area (Å²) < 4.78 is 2.18. The maximum atomic E-state index is 12.8. The number of fused-ring (bicyclic) bond motifs is 1. The minimum absolute atomic E-state index is 0.0354. The molecule has 0 N–H and O–H groups in total. The molecule has 4 aromatic rings. The number of benzene rings is 2. The van der Waals surface area contributed by atoms with Gasteiger partial charge in [0.1, 0.15) is 5.01 Å². The summed E-state index contributed by atoms with van der Waals surface area (Å²) in [6.45, 7) is 5.35. The fourth-order valence-corrected chi connectivity index (χ4v) is 5.28. The highest BCUT2D eigenvalue weighted by molar-refractivity contribution is 9.10. The normalized spacial score (nSPS) is 14.7. The lowest BCUT2D eigenvalue weighted by atomic mass is 10.2. The Hall–Kier alpha value is -2.88. The molecule has 1 aliphatic rings. The van der Waals surface area contributed by atoms with Gasteiger partial charge in [0.05, 0.1) is 11.3 Å². The highest BCUT2D eigenvalue weighted by Crippen LogP contribution is 2.25. The van der Waals surface area contributed by atoms with Gasteiger partial charge in [0.25, 0.3) is 11.5 Å². The van der Waals surface area contributed by atoms with E-state index in [4.69, 9.17) is 4.98 Å². The molecule has 168 valence electrons. The average Bonchev–Trinajstić information content (AvgIpc) is 3.25. The molecule has 0 bridgehead atoms. The minimum Gasteiger partial charge on any atom is -0.336 e. The van der Waals surface area contributed by atoms with Gasteiger partial charge in [-0.3, -0.25) is 14.5 Å². The van der Waals surface area contributed by atoms with E-state index < -0.39 is 0 Å². The molecule has 1 aliphatic heterocycles. The number of hydrogen-bond acceptors (Lipinski definition) is 6. The van der Waals surface area contributed by atoms with Crippen LogP contribution in [0.25, 0.3) is 15.5 Å². The molecule has 1 saturated heterocycles. The first-order valence-corrected chi connectivity index (χ1v) is 12.3. The molecule has 0 spiro atoms. The highest BCUT2D eigenvalue weighted by atomic mass is 79.9. The Morgan fingerprint density at radius 2 is 1.79 bits per heavy atom. The van der Waals surface area contributed by atoms with Crippen molar-refractivity contribution >= 4 is 38.1 Å². The van der Waals surface area contributed by atoms with Gasteiger partial charge in [-0.25, -0.2) is 4.98 Å². The number of amides is 1. The van der Waals surface area contributed by atoms with E-state index in [-0.39, 0.29) is 11.5 Å². The van der Waals surface area contributed by atoms with Crippen molar-refractivity contribution in [2.45, 2.75) is 13.5 Å². The Morgan fingerprint density at radius 3 is 2.52 bits per heavy atom. The van der Waals surface area contributed by atoms with Crippen LogP contribution in [0.3, 0.4) is 0 Å². The van der Waals surface area contributed by atoms with Crippen molar-refractivity contribution in [1.29, 1.82) is 0 Å². The minimum atomic E-state index is -0.174. The lowest BCUT2D eigenvalue weighted by Crippen LogP contribution is -2.48. The van der Waals surface area contributed by atoms with Gasteiger partial charge in [0, 0.05) is 48.8 Å². The largest absolute Gasteiger partial charge is 0.336 e. The molecule has 33 heavy (non-hydrogen) atoms. The van der Waals surface area contributed by atoms with E-state index in [1.165, 1.54) is 21.4 Å². The molecule has 3 heterocycles. The summed E-state index contributed by atoms with van der Waals surface area (Å²) in [4.78, 5) is 34.9. The number of piperazine rings is 1. The monoisotopic (exact) mass is 523 g/mol. The zero-order valence-corrected chi connectivity index (χ0v) is 20.5. The molecule has 1 fully saturated rings. The van der Waals surface area contributed by atoms with E-state index in [0.29, 0.717) is 30.2 Å². The molecule has 9 heteroatoms. The Kier molecular flexibility index (Phi) is 6.09. The topological polar surface area (TPSA) is 70.8 Å². The molecule has 0 unspecified atom stereocenters. The van der Waals surface area contributed by atoms with Gasteiger partial charge in [0.2, 0.25) is 4.96 Å². The predicted octanol–water partition coefficient (Wildman–Crippen LogP) is 3.85. The number of aromatic nitrogens is 3. The Morgan fingerprint density at radius 1 is 1.06 bits per heavy atom. The molecular weight excluding hydrogens is 502 g/mol. The first-order valence-electron chi connectivity index (χ1n) is 10.7. The smallest absolute Gasteiger partial charge is 0.275 e. The Labute approximate surface area is 203 Å². The van der Waals surface area contributed by atoms with Gasteiger partial charge < -0.3 is 4.90 Å². The molecule has 0 aliphatic carbocycles. The van der Waals surface area contributed by atoms with Crippen LogP contribution in [0.4, 0.5) is 0 Å². The zero-order chi connectivity index (χ0) is 22.9. The van der Waals surface area contributed by atoms with Crippen LogP contribution in [-0.2, 0) is 6.54 Å². The van der Waals surface area contributed by atoms with E-state index in [1.807, 2.05) is 60.4 Å². The Bertz CT molecular complexity index is 1370. The highest BCUT2D eigenvalue weighted by Gasteiger charge is 2.24. The van der Waals surface area contributed by atoms with E-state index in [2.05, 4.69) is 25.9 Å². The van der Waals surface area contributed by atoms with E-state index in [9.17, 15) is 9.59 Å². The summed E-state index contributed by atoms with van der Waals surface area (Å²) >= 11 is 4.88. The number of nitrogens with zero attached hydrogens (tertiary/aromatic N) is 5. The van der Waals surface area contributed by atoms with Crippen molar-refractivity contribution in [2.75, 3.05) is 26.2 Å². The van der Waals surface area contributed by atoms with Crippen LogP contribution in [0, 0.1) is 6.92 Å². The second kappa shape index (κ2) is 9.17. The van der Waals surface area contributed by atoms with Crippen LogP contribution >= 0.6 is 27.3 Å². The fraction of sp³-hybridized carbons (Fsp3) is 0.250. The van der Waals surface area contributed by atoms with Crippen LogP contribution in [-0.4, -0.2) is 56.5 Å². The molecule has 0 radical (unpaired) electrons. The molecule has 0 atom stereocenters. The van der Waals surface area contributed by atoms with Gasteiger partial charge in [-0.15, -0.1) is 0 Å². The van der Waals surface area contributed by atoms with E-state index in [0.717, 1.165) is 33.8 Å². The van der Waals surface area contributed by atoms with Crippen molar-refractivity contribution in [3.05, 3.63) is 86.2 Å². The van der Waals surface area contributed by atoms with Gasteiger partial charge in [-0.2, -0.15) is 9.61 Å². The lowest BCUT2D eigenvalue weighted by molar-refractivity contribution is 0.0626. The van der Waals surface area contributed by atoms with E-state index >= 15 is 0 Å². The summed E-state index contributed by atoms with van der Waals surface area (Å²) in [6.07, 6.45) is 0. The number of hydrogen-bond donors (Lipinski definition) is 0. The van der Waals surface area contributed by atoms with Crippen LogP contribution < -0.4 is 5.56 Å². The second-order valence-corrected chi connectivity index (χ2v) is 9.91. The maximum Gasteiger partial charge on any atom is 0.275 e. The summed E-state index contributed by atoms with van der Waals surface area (Å²) in [5, 5.41) is 5.24. The van der Waals surface area contributed by atoms with Crippen molar-refractivity contribution in [1.82, 2.24) is 24.4 Å². The van der Waals surface area contributed by atoms with E-state index in [1.54, 1.807) is 6.07 Å². The van der Waals surface area contributed by atoms with Crippen LogP contribution in [0.2, 0.25) is 0 Å². The van der Waals surface area contributed by atoms with Gasteiger partial charge >= 0.3 is 0 Å². The standard InChI is InChI=1S/C24H22BrN5O2S/c1-16-6-8-17(9-7-16)22-27-30-21(31)14-18(26-24(30)33-22)15-28-10-12-29(13-11-28)23(32)19-4-2-3-5-20(19)25/h2-9,14H,10-13,15H2,1H3. The number of rotatable bonds is 4. The average molecular weight is 524 g/mol. The molecule has 7 nitrogen and oxygen atoms in total. The van der Waals surface area contributed by atoms with Crippen LogP contribution in [0.15, 0.2) is 63.9 Å². The molecule has 5 rings (SSSR count). The first-order chi connectivity index (χ1) is 16.0. The number of aryl methyl sites for hydroxylation is 1. The van der Waals surface area contributed by atoms with Crippen molar-refractivity contribution in [2.24, 2.45) is 0 Å². The maximum absolute atomic E-state index is 12.8. The lowest BCUT2D eigenvalue weighted by Gasteiger charge is -2.34. The van der Waals surface area contributed by atoms with Crippen LogP contribution in [0.5, 0.6) is 0 Å². The first kappa shape index (κ1) is 21.9.